The van der Waals surface area contributed by atoms with Gasteiger partial charge in [0.2, 0.25) is 11.8 Å². The van der Waals surface area contributed by atoms with E-state index in [1.165, 1.54) is 0 Å². The molecule has 8 aromatic rings. The molecule has 4 aromatic carbocycles. The van der Waals surface area contributed by atoms with Crippen LogP contribution < -0.4 is 28.3 Å². The number of fused-ring (bicyclic) bond motifs is 6. The SMILES string of the molecule is Cc1c(-c2cc(F)c(N)cc2F)ccc2c3oc(CN)nc3c(=O)n(C3CC3)c12.Cc1c(-c2cc(F)c(N)cc2F)ccc2c3oc(CN=[N+]=[N-])nc3c(=O)n(C3CC3)c12. The maximum atomic E-state index is 14.6. The van der Waals surface area contributed by atoms with Crippen LogP contribution in [0.15, 0.2) is 72.1 Å². The van der Waals surface area contributed by atoms with Gasteiger partial charge in [-0.3, -0.25) is 9.59 Å². The van der Waals surface area contributed by atoms with E-state index >= 15 is 0 Å². The molecular weight excluding hydrogens is 785 g/mol. The van der Waals surface area contributed by atoms with Gasteiger partial charge in [-0.15, -0.1) is 0 Å². The summed E-state index contributed by atoms with van der Waals surface area (Å²) in [5.41, 5.74) is 28.6. The first-order chi connectivity index (χ1) is 28.8. The number of aryl methyl sites for hydroxylation is 2. The topological polar surface area (TPSA) is 223 Å². The highest BCUT2D eigenvalue weighted by molar-refractivity contribution is 6.05. The number of nitrogen functional groups attached to an aromatic ring is 2. The second-order valence-electron chi connectivity index (χ2n) is 15.0. The van der Waals surface area contributed by atoms with Gasteiger partial charge in [-0.25, -0.2) is 27.5 Å². The van der Waals surface area contributed by atoms with Crippen molar-refractivity contribution in [2.75, 3.05) is 11.5 Å². The Morgan fingerprint density at radius 1 is 0.700 bits per heavy atom. The number of aromatic nitrogens is 4. The lowest BCUT2D eigenvalue weighted by Gasteiger charge is -2.16. The maximum Gasteiger partial charge on any atom is 0.281 e. The Hall–Kier alpha value is -7.17. The fourth-order valence-electron chi connectivity index (χ4n) is 7.93. The number of halogens is 4. The third-order valence-electron chi connectivity index (χ3n) is 11.0. The van der Waals surface area contributed by atoms with E-state index in [0.29, 0.717) is 49.6 Å². The van der Waals surface area contributed by atoms with Crippen molar-refractivity contribution in [2.45, 2.75) is 64.7 Å². The highest BCUT2D eigenvalue weighted by Crippen LogP contribution is 2.43. The van der Waals surface area contributed by atoms with Crippen molar-refractivity contribution >= 4 is 55.4 Å². The molecule has 0 aliphatic heterocycles. The lowest BCUT2D eigenvalue weighted by atomic mass is 9.96. The number of nitrogens with zero attached hydrogens (tertiary/aromatic N) is 7. The van der Waals surface area contributed by atoms with Gasteiger partial charge in [-0.05, 0) is 91.6 Å². The number of azide groups is 1. The van der Waals surface area contributed by atoms with Gasteiger partial charge in [-0.2, -0.15) is 0 Å². The van der Waals surface area contributed by atoms with Crippen molar-refractivity contribution in [3.8, 4) is 22.3 Å². The largest absolute Gasteiger partial charge is 0.440 e. The first-order valence-corrected chi connectivity index (χ1v) is 19.0. The average molecular weight is 819 g/mol. The molecule has 0 radical (unpaired) electrons. The van der Waals surface area contributed by atoms with Crippen LogP contribution in [0.25, 0.3) is 76.7 Å². The predicted octanol–water partition coefficient (Wildman–Crippen LogP) is 8.90. The summed E-state index contributed by atoms with van der Waals surface area (Å²) < 4.78 is 72.2. The molecule has 0 saturated heterocycles. The third-order valence-corrected chi connectivity index (χ3v) is 11.0. The fraction of sp³-hybridized carbons (Fsp3) is 0.238. The van der Waals surface area contributed by atoms with E-state index in [-0.39, 0.29) is 87.2 Å². The quantitative estimate of drug-likeness (QED) is 0.0458. The molecule has 18 heteroatoms. The summed E-state index contributed by atoms with van der Waals surface area (Å²) in [4.78, 5) is 37.6. The smallest absolute Gasteiger partial charge is 0.281 e. The summed E-state index contributed by atoms with van der Waals surface area (Å²) in [6, 6.07) is 10.9. The Morgan fingerprint density at radius 3 is 1.55 bits per heavy atom. The molecule has 60 heavy (non-hydrogen) atoms. The van der Waals surface area contributed by atoms with E-state index in [0.717, 1.165) is 49.9 Å². The van der Waals surface area contributed by atoms with Crippen molar-refractivity contribution in [1.29, 1.82) is 0 Å². The second-order valence-corrected chi connectivity index (χ2v) is 15.0. The summed E-state index contributed by atoms with van der Waals surface area (Å²) in [5.74, 6) is -2.28. The summed E-state index contributed by atoms with van der Waals surface area (Å²) in [5, 5.41) is 4.76. The fourth-order valence-corrected chi connectivity index (χ4v) is 7.93. The zero-order valence-corrected chi connectivity index (χ0v) is 32.0. The molecule has 10 rings (SSSR count). The minimum Gasteiger partial charge on any atom is -0.440 e. The minimum atomic E-state index is -0.719. The van der Waals surface area contributed by atoms with Crippen LogP contribution in [0, 0.1) is 37.1 Å². The third kappa shape index (κ3) is 6.19. The lowest BCUT2D eigenvalue weighted by Crippen LogP contribution is -2.21. The molecule has 0 atom stereocenters. The standard InChI is InChI=1S/C21H16F2N6O2.C21H18F2N4O2/c1-9-11(13-6-15(23)16(24)7-14(13)22)4-5-12-19(9)29(10-2-3-10)21(30)18-20(12)31-17(27-18)8-26-28-25;1-9-11(13-6-15(23)16(25)7-14(13)22)4-5-12-19(9)27(10-2-3-10)21(28)18-20(12)29-17(8-24)26-18/h4-7,10H,2-3,8,24H2,1H3;4-7,10H,2-3,8,24-25H2,1H3. The van der Waals surface area contributed by atoms with E-state index in [1.54, 1.807) is 47.2 Å². The monoisotopic (exact) mass is 818 g/mol. The number of pyridine rings is 2. The molecule has 304 valence electrons. The minimum absolute atomic E-state index is 0.00127. The van der Waals surface area contributed by atoms with E-state index in [1.807, 2.05) is 0 Å². The second kappa shape index (κ2) is 14.3. The first kappa shape index (κ1) is 38.4. The van der Waals surface area contributed by atoms with Crippen LogP contribution in [0.3, 0.4) is 0 Å². The Morgan fingerprint density at radius 2 is 1.13 bits per heavy atom. The van der Waals surface area contributed by atoms with Crippen LogP contribution in [0.2, 0.25) is 0 Å². The number of benzene rings is 4. The predicted molar refractivity (Wildman–Crippen MR) is 218 cm³/mol. The van der Waals surface area contributed by atoms with Gasteiger partial charge >= 0.3 is 0 Å². The molecule has 4 aromatic heterocycles. The Labute approximate surface area is 335 Å². The van der Waals surface area contributed by atoms with Crippen LogP contribution in [-0.2, 0) is 13.1 Å². The molecule has 0 amide bonds. The number of rotatable bonds is 7. The van der Waals surface area contributed by atoms with Gasteiger partial charge in [-0.1, -0.05) is 17.2 Å². The van der Waals surface area contributed by atoms with Crippen LogP contribution in [0.1, 0.15) is 60.7 Å². The maximum absolute atomic E-state index is 14.6. The van der Waals surface area contributed by atoms with Crippen molar-refractivity contribution in [3.63, 3.8) is 0 Å². The molecule has 2 fully saturated rings. The van der Waals surface area contributed by atoms with Gasteiger partial charge in [0.25, 0.3) is 11.1 Å². The molecule has 2 saturated carbocycles. The number of hydrogen-bond donors (Lipinski definition) is 3. The number of oxazole rings is 2. The molecule has 14 nitrogen and oxygen atoms in total. The molecule has 4 heterocycles. The zero-order valence-electron chi connectivity index (χ0n) is 32.0. The van der Waals surface area contributed by atoms with Gasteiger partial charge in [0.1, 0.15) is 29.8 Å². The lowest BCUT2D eigenvalue weighted by molar-refractivity contribution is 0.534. The van der Waals surface area contributed by atoms with Crippen molar-refractivity contribution in [3.05, 3.63) is 126 Å². The van der Waals surface area contributed by atoms with Crippen LogP contribution in [0.4, 0.5) is 28.9 Å². The van der Waals surface area contributed by atoms with Crippen molar-refractivity contribution < 1.29 is 26.4 Å². The van der Waals surface area contributed by atoms with Crippen molar-refractivity contribution in [1.82, 2.24) is 19.1 Å². The molecule has 0 bridgehead atoms. The van der Waals surface area contributed by atoms with E-state index in [2.05, 4.69) is 20.0 Å². The van der Waals surface area contributed by atoms with E-state index in [9.17, 15) is 27.2 Å². The molecule has 0 unspecified atom stereocenters. The Bertz CT molecular complexity index is 3300. The Balaban J connectivity index is 0.000000154. The molecular formula is C42H34F4N10O4. The average Bonchev–Trinajstić information content (AvgIpc) is 4.16. The molecule has 2 aliphatic carbocycles. The molecule has 0 spiro atoms. The van der Waals surface area contributed by atoms with Gasteiger partial charge in [0.05, 0.1) is 29.0 Å². The normalized spacial score (nSPS) is 13.9. The Kier molecular flexibility index (Phi) is 9.13. The zero-order chi connectivity index (χ0) is 42.3. The van der Waals surface area contributed by atoms with Gasteiger partial charge in [0, 0.05) is 51.0 Å². The molecule has 2 aliphatic rings. The van der Waals surface area contributed by atoms with Crippen LogP contribution in [0.5, 0.6) is 0 Å². The molecule has 6 N–H and O–H groups in total. The van der Waals surface area contributed by atoms with Crippen LogP contribution in [-0.4, -0.2) is 19.1 Å². The van der Waals surface area contributed by atoms with E-state index in [4.69, 9.17) is 31.6 Å². The van der Waals surface area contributed by atoms with Crippen molar-refractivity contribution in [2.24, 2.45) is 10.8 Å². The van der Waals surface area contributed by atoms with Crippen LogP contribution >= 0.6 is 0 Å². The first-order valence-electron chi connectivity index (χ1n) is 19.0. The number of anilines is 2. The van der Waals surface area contributed by atoms with E-state index < -0.39 is 23.3 Å². The number of nitrogens with two attached hydrogens (primary N) is 3. The highest BCUT2D eigenvalue weighted by atomic mass is 19.1. The van der Waals surface area contributed by atoms with Gasteiger partial charge < -0.3 is 35.2 Å². The summed E-state index contributed by atoms with van der Waals surface area (Å²) >= 11 is 0. The summed E-state index contributed by atoms with van der Waals surface area (Å²) in [6.07, 6.45) is 3.41. The highest BCUT2D eigenvalue weighted by Gasteiger charge is 2.32. The van der Waals surface area contributed by atoms with Gasteiger partial charge in [0.15, 0.2) is 22.2 Å². The summed E-state index contributed by atoms with van der Waals surface area (Å²) in [7, 11) is 0. The number of hydrogen-bond acceptors (Lipinski definition) is 10. The summed E-state index contributed by atoms with van der Waals surface area (Å²) in [6.45, 7) is 3.50.